The molecule has 4 nitrogen and oxygen atoms in total. The summed E-state index contributed by atoms with van der Waals surface area (Å²) in [6.45, 7) is 5.47. The Balaban J connectivity index is 1.77. The first-order valence-corrected chi connectivity index (χ1v) is 10.5. The summed E-state index contributed by atoms with van der Waals surface area (Å²) in [5.74, 6) is -0.201. The van der Waals surface area contributed by atoms with Crippen LogP contribution in [0.2, 0.25) is 0 Å². The van der Waals surface area contributed by atoms with Crippen LogP contribution in [0, 0.1) is 12.7 Å². The molecule has 3 rings (SSSR count). The highest BCUT2D eigenvalue weighted by Gasteiger charge is 2.29. The molecule has 0 fully saturated rings. The second kappa shape index (κ2) is 6.76. The number of fused-ring (bicyclic) bond motifs is 1. The molecule has 26 heavy (non-hydrogen) atoms. The van der Waals surface area contributed by atoms with Crippen molar-refractivity contribution in [3.8, 4) is 0 Å². The Hall–Kier alpha value is -1.76. The Morgan fingerprint density at radius 3 is 2.50 bits per heavy atom. The van der Waals surface area contributed by atoms with Crippen LogP contribution in [0.4, 0.5) is 4.39 Å². The van der Waals surface area contributed by atoms with Crippen molar-refractivity contribution in [3.05, 3.63) is 64.5 Å². The maximum Gasteiger partial charge on any atom is 0.175 e. The Labute approximate surface area is 154 Å². The van der Waals surface area contributed by atoms with Crippen molar-refractivity contribution in [2.24, 2.45) is 0 Å². The molecule has 0 amide bonds. The molecule has 0 saturated heterocycles. The van der Waals surface area contributed by atoms with Crippen LogP contribution >= 0.6 is 0 Å². The Morgan fingerprint density at radius 2 is 1.88 bits per heavy atom. The number of hydrogen-bond acceptors (Lipinski definition) is 4. The SMILES string of the molecule is Cc1cc(F)cc2c1CN(CC(C)(O)c1ccc(S(C)(=O)=O)cc1)CC2. The van der Waals surface area contributed by atoms with E-state index >= 15 is 0 Å². The third-order valence-electron chi connectivity index (χ3n) is 5.05. The average molecular weight is 377 g/mol. The Kier molecular flexibility index (Phi) is 4.94. The Morgan fingerprint density at radius 1 is 1.23 bits per heavy atom. The summed E-state index contributed by atoms with van der Waals surface area (Å²) in [5, 5.41) is 10.9. The summed E-state index contributed by atoms with van der Waals surface area (Å²) in [6, 6.07) is 9.52. The second-order valence-electron chi connectivity index (χ2n) is 7.39. The van der Waals surface area contributed by atoms with Crippen molar-refractivity contribution < 1.29 is 17.9 Å². The second-order valence-corrected chi connectivity index (χ2v) is 9.41. The van der Waals surface area contributed by atoms with Crippen molar-refractivity contribution in [3.63, 3.8) is 0 Å². The van der Waals surface area contributed by atoms with E-state index in [1.165, 1.54) is 12.1 Å². The van der Waals surface area contributed by atoms with Gasteiger partial charge < -0.3 is 5.11 Å². The molecule has 6 heteroatoms. The first-order valence-electron chi connectivity index (χ1n) is 8.59. The minimum atomic E-state index is -3.26. The summed E-state index contributed by atoms with van der Waals surface area (Å²) in [7, 11) is -3.26. The van der Waals surface area contributed by atoms with E-state index in [-0.39, 0.29) is 10.7 Å². The van der Waals surface area contributed by atoms with Crippen molar-refractivity contribution in [2.75, 3.05) is 19.3 Å². The number of sulfone groups is 1. The van der Waals surface area contributed by atoms with E-state index in [2.05, 4.69) is 4.90 Å². The standard InChI is InChI=1S/C20H24FNO3S/c1-14-10-17(21)11-15-8-9-22(12-19(14)15)13-20(2,23)16-4-6-18(7-5-16)26(3,24)25/h4-7,10-11,23H,8-9,12-13H2,1-3H3. The van der Waals surface area contributed by atoms with Crippen LogP contribution in [-0.2, 0) is 28.4 Å². The third kappa shape index (κ3) is 3.98. The van der Waals surface area contributed by atoms with E-state index in [9.17, 15) is 17.9 Å². The van der Waals surface area contributed by atoms with Crippen LogP contribution in [0.25, 0.3) is 0 Å². The average Bonchev–Trinajstić information content (AvgIpc) is 2.54. The van der Waals surface area contributed by atoms with Gasteiger partial charge in [-0.1, -0.05) is 12.1 Å². The quantitative estimate of drug-likeness (QED) is 0.890. The highest BCUT2D eigenvalue weighted by Crippen LogP contribution is 2.28. The number of rotatable bonds is 4. The van der Waals surface area contributed by atoms with Crippen molar-refractivity contribution in [1.29, 1.82) is 0 Å². The van der Waals surface area contributed by atoms with E-state index < -0.39 is 15.4 Å². The number of halogens is 1. The smallest absolute Gasteiger partial charge is 0.175 e. The molecule has 2 aromatic rings. The Bertz CT molecular complexity index is 921. The molecule has 0 aliphatic carbocycles. The highest BCUT2D eigenvalue weighted by molar-refractivity contribution is 7.90. The van der Waals surface area contributed by atoms with Gasteiger partial charge >= 0.3 is 0 Å². The molecular weight excluding hydrogens is 353 g/mol. The molecular formula is C20H24FNO3S. The number of aryl methyl sites for hydroxylation is 1. The molecule has 1 N–H and O–H groups in total. The number of aliphatic hydroxyl groups is 1. The van der Waals surface area contributed by atoms with Crippen molar-refractivity contribution in [1.82, 2.24) is 4.90 Å². The van der Waals surface area contributed by atoms with Gasteiger partial charge in [0.25, 0.3) is 0 Å². The predicted molar refractivity (Wildman–Crippen MR) is 99.2 cm³/mol. The summed E-state index contributed by atoms with van der Waals surface area (Å²) >= 11 is 0. The van der Waals surface area contributed by atoms with Crippen LogP contribution in [0.15, 0.2) is 41.3 Å². The molecule has 1 aliphatic rings. The van der Waals surface area contributed by atoms with Crippen LogP contribution < -0.4 is 0 Å². The maximum absolute atomic E-state index is 13.6. The monoisotopic (exact) mass is 377 g/mol. The zero-order valence-corrected chi connectivity index (χ0v) is 16.1. The fraction of sp³-hybridized carbons (Fsp3) is 0.400. The summed E-state index contributed by atoms with van der Waals surface area (Å²) in [6.07, 6.45) is 1.91. The van der Waals surface area contributed by atoms with E-state index in [1.54, 1.807) is 31.2 Å². The molecule has 0 saturated carbocycles. The molecule has 1 atom stereocenters. The minimum absolute atomic E-state index is 0.201. The van der Waals surface area contributed by atoms with E-state index in [0.29, 0.717) is 18.7 Å². The lowest BCUT2D eigenvalue weighted by Crippen LogP contribution is -2.41. The largest absolute Gasteiger partial charge is 0.384 e. The lowest BCUT2D eigenvalue weighted by molar-refractivity contribution is 0.0116. The van der Waals surface area contributed by atoms with Crippen molar-refractivity contribution in [2.45, 2.75) is 37.3 Å². The number of hydrogen-bond donors (Lipinski definition) is 1. The zero-order chi connectivity index (χ0) is 19.1. The van der Waals surface area contributed by atoms with Gasteiger partial charge in [0.2, 0.25) is 0 Å². The first-order chi connectivity index (χ1) is 12.1. The number of nitrogens with zero attached hydrogens (tertiary/aromatic N) is 1. The van der Waals surface area contributed by atoms with Gasteiger partial charge in [0, 0.05) is 25.9 Å². The summed E-state index contributed by atoms with van der Waals surface area (Å²) in [5.41, 5.74) is 2.66. The molecule has 0 spiro atoms. The molecule has 0 bridgehead atoms. The predicted octanol–water partition coefficient (Wildman–Crippen LogP) is 2.80. The molecule has 1 heterocycles. The third-order valence-corrected chi connectivity index (χ3v) is 6.17. The lowest BCUT2D eigenvalue weighted by atomic mass is 9.91. The van der Waals surface area contributed by atoms with Gasteiger partial charge in [0.05, 0.1) is 10.5 Å². The topological polar surface area (TPSA) is 57.6 Å². The minimum Gasteiger partial charge on any atom is -0.384 e. The fourth-order valence-corrected chi connectivity index (χ4v) is 4.23. The molecule has 0 radical (unpaired) electrons. The molecule has 2 aromatic carbocycles. The maximum atomic E-state index is 13.6. The van der Waals surface area contributed by atoms with E-state index in [0.717, 1.165) is 35.9 Å². The summed E-state index contributed by atoms with van der Waals surface area (Å²) < 4.78 is 36.7. The normalized spacial score (nSPS) is 17.6. The van der Waals surface area contributed by atoms with Gasteiger partial charge in [-0.25, -0.2) is 12.8 Å². The lowest BCUT2D eigenvalue weighted by Gasteiger charge is -2.35. The van der Waals surface area contributed by atoms with Crippen LogP contribution in [0.1, 0.15) is 29.2 Å². The first kappa shape index (κ1) is 19.0. The summed E-state index contributed by atoms with van der Waals surface area (Å²) in [4.78, 5) is 2.39. The molecule has 140 valence electrons. The molecule has 1 unspecified atom stereocenters. The molecule has 1 aliphatic heterocycles. The van der Waals surface area contributed by atoms with Crippen molar-refractivity contribution >= 4 is 9.84 Å². The van der Waals surface area contributed by atoms with E-state index in [1.807, 2.05) is 6.92 Å². The molecule has 0 aromatic heterocycles. The number of β-amino-alcohol motifs (C(OH)–C–C–N with tert-alkyl or cyclic N) is 1. The zero-order valence-electron chi connectivity index (χ0n) is 15.3. The van der Waals surface area contributed by atoms with Gasteiger partial charge in [0.15, 0.2) is 9.84 Å². The van der Waals surface area contributed by atoms with Gasteiger partial charge in [0.1, 0.15) is 5.82 Å². The van der Waals surface area contributed by atoms with Gasteiger partial charge in [-0.05, 0) is 66.8 Å². The highest BCUT2D eigenvalue weighted by atomic mass is 32.2. The van der Waals surface area contributed by atoms with Gasteiger partial charge in [-0.3, -0.25) is 4.90 Å². The number of benzene rings is 2. The van der Waals surface area contributed by atoms with Gasteiger partial charge in [-0.2, -0.15) is 0 Å². The van der Waals surface area contributed by atoms with Gasteiger partial charge in [-0.15, -0.1) is 0 Å². The van der Waals surface area contributed by atoms with E-state index in [4.69, 9.17) is 0 Å². The van der Waals surface area contributed by atoms with Crippen LogP contribution in [0.5, 0.6) is 0 Å². The van der Waals surface area contributed by atoms with Crippen LogP contribution in [0.3, 0.4) is 0 Å². The fourth-order valence-electron chi connectivity index (χ4n) is 3.60. The van der Waals surface area contributed by atoms with Crippen LogP contribution in [-0.4, -0.2) is 37.8 Å².